The number of pyridine rings is 2. The third-order valence-electron chi connectivity index (χ3n) is 4.86. The molecule has 0 aliphatic carbocycles. The smallest absolute Gasteiger partial charge is 0.178 e. The van der Waals surface area contributed by atoms with Gasteiger partial charge >= 0.3 is 0 Å². The minimum Gasteiger partial charge on any atom is -0.335 e. The van der Waals surface area contributed by atoms with Gasteiger partial charge in [-0.25, -0.2) is 15.0 Å². The Morgan fingerprint density at radius 2 is 2.03 bits per heavy atom. The van der Waals surface area contributed by atoms with Crippen LogP contribution in [0.25, 0.3) is 55.4 Å². The lowest BCUT2D eigenvalue weighted by Gasteiger charge is -1.98. The van der Waals surface area contributed by atoms with Gasteiger partial charge in [-0.1, -0.05) is 0 Å². The first-order valence-electron chi connectivity index (χ1n) is 9.11. The molecular formula is C20H13FN8S. The van der Waals surface area contributed by atoms with E-state index < -0.39 is 0 Å². The molecule has 30 heavy (non-hydrogen) atoms. The first-order valence-corrected chi connectivity index (χ1v) is 9.92. The van der Waals surface area contributed by atoms with Gasteiger partial charge in [0, 0.05) is 35.4 Å². The summed E-state index contributed by atoms with van der Waals surface area (Å²) in [6, 6.07) is 8.90. The molecule has 146 valence electrons. The van der Waals surface area contributed by atoms with Crippen molar-refractivity contribution in [3.63, 3.8) is 0 Å². The molecule has 6 rings (SSSR count). The quantitative estimate of drug-likeness (QED) is 0.451. The van der Waals surface area contributed by atoms with Crippen LogP contribution in [0.1, 0.15) is 0 Å². The third kappa shape index (κ3) is 2.61. The van der Waals surface area contributed by atoms with Crippen molar-refractivity contribution in [1.29, 1.82) is 0 Å². The molecule has 0 aliphatic heterocycles. The van der Waals surface area contributed by atoms with Crippen LogP contribution in [-0.2, 0) is 7.05 Å². The summed E-state index contributed by atoms with van der Waals surface area (Å²) in [5.74, 6) is 0.545. The molecule has 6 heterocycles. The van der Waals surface area contributed by atoms with Crippen LogP contribution in [0.15, 0.2) is 48.9 Å². The van der Waals surface area contributed by atoms with E-state index in [1.807, 2.05) is 31.4 Å². The van der Waals surface area contributed by atoms with Gasteiger partial charge in [0.05, 0.1) is 22.9 Å². The van der Waals surface area contributed by atoms with Gasteiger partial charge in [-0.15, -0.1) is 11.3 Å². The molecular weight excluding hydrogens is 403 g/mol. The van der Waals surface area contributed by atoms with Crippen molar-refractivity contribution in [3.8, 4) is 33.2 Å². The molecule has 8 nitrogen and oxygen atoms in total. The minimum atomic E-state index is -0.236. The largest absolute Gasteiger partial charge is 0.335 e. The van der Waals surface area contributed by atoms with Crippen molar-refractivity contribution in [3.05, 3.63) is 54.1 Å². The van der Waals surface area contributed by atoms with Gasteiger partial charge in [-0.2, -0.15) is 14.6 Å². The highest BCUT2D eigenvalue weighted by molar-refractivity contribution is 7.14. The van der Waals surface area contributed by atoms with E-state index in [1.165, 1.54) is 6.07 Å². The Morgan fingerprint density at radius 1 is 1.10 bits per heavy atom. The van der Waals surface area contributed by atoms with Crippen molar-refractivity contribution in [1.82, 2.24) is 39.9 Å². The Kier molecular flexibility index (Phi) is 3.56. The Morgan fingerprint density at radius 3 is 2.83 bits per heavy atom. The molecule has 0 radical (unpaired) electrons. The molecule has 0 saturated carbocycles. The predicted octanol–water partition coefficient (Wildman–Crippen LogP) is 4.16. The maximum absolute atomic E-state index is 13.5. The lowest BCUT2D eigenvalue weighted by atomic mass is 10.2. The van der Waals surface area contributed by atoms with Crippen LogP contribution in [0.5, 0.6) is 0 Å². The zero-order valence-corrected chi connectivity index (χ0v) is 16.4. The SMILES string of the molecule is Cn1cc(-c2ccc3[nH]nc(-c4nc5nccc(-c6ccc(F)s6)c5[nH]4)c3n2)cn1. The Labute approximate surface area is 172 Å². The van der Waals surface area contributed by atoms with Crippen LogP contribution < -0.4 is 0 Å². The maximum Gasteiger partial charge on any atom is 0.178 e. The van der Waals surface area contributed by atoms with E-state index in [1.54, 1.807) is 23.1 Å². The van der Waals surface area contributed by atoms with E-state index in [4.69, 9.17) is 4.98 Å². The van der Waals surface area contributed by atoms with Gasteiger partial charge in [0.15, 0.2) is 22.3 Å². The fourth-order valence-corrected chi connectivity index (χ4v) is 4.23. The van der Waals surface area contributed by atoms with E-state index in [0.717, 1.165) is 44.1 Å². The molecule has 0 spiro atoms. The molecule has 0 bridgehead atoms. The number of aromatic amines is 2. The molecule has 10 heteroatoms. The van der Waals surface area contributed by atoms with Gasteiger partial charge in [0.25, 0.3) is 0 Å². The number of fused-ring (bicyclic) bond motifs is 2. The van der Waals surface area contributed by atoms with Crippen molar-refractivity contribution in [2.24, 2.45) is 7.05 Å². The number of rotatable bonds is 3. The van der Waals surface area contributed by atoms with Gasteiger partial charge in [-0.3, -0.25) is 9.78 Å². The summed E-state index contributed by atoms with van der Waals surface area (Å²) in [6.45, 7) is 0. The zero-order valence-electron chi connectivity index (χ0n) is 15.6. The summed E-state index contributed by atoms with van der Waals surface area (Å²) < 4.78 is 15.3. The number of halogens is 1. The van der Waals surface area contributed by atoms with E-state index in [2.05, 4.69) is 30.2 Å². The van der Waals surface area contributed by atoms with Crippen LogP contribution in [0.2, 0.25) is 0 Å². The van der Waals surface area contributed by atoms with Gasteiger partial charge in [-0.05, 0) is 30.3 Å². The van der Waals surface area contributed by atoms with Crippen molar-refractivity contribution in [2.45, 2.75) is 0 Å². The van der Waals surface area contributed by atoms with E-state index >= 15 is 0 Å². The van der Waals surface area contributed by atoms with Crippen LogP contribution in [-0.4, -0.2) is 39.9 Å². The summed E-state index contributed by atoms with van der Waals surface area (Å²) in [5.41, 5.74) is 5.91. The van der Waals surface area contributed by atoms with Crippen LogP contribution in [0.3, 0.4) is 0 Å². The van der Waals surface area contributed by atoms with E-state index in [9.17, 15) is 4.39 Å². The van der Waals surface area contributed by atoms with Crippen molar-refractivity contribution in [2.75, 3.05) is 0 Å². The fraction of sp³-hybridized carbons (Fsp3) is 0.0500. The monoisotopic (exact) mass is 416 g/mol. The average molecular weight is 416 g/mol. The standard InChI is InChI=1S/C20H13FN8S/c1-29-9-10(8-23-29)12-2-3-13-17(24-12)18(28-27-13)20-25-16-11(6-7-22-19(16)26-20)14-4-5-15(21)30-14/h2-9H,1H3,(H,27,28)(H,22,25,26). The number of thiophene rings is 1. The number of nitrogens with one attached hydrogen (secondary N) is 2. The van der Waals surface area contributed by atoms with Gasteiger partial charge in [0.2, 0.25) is 0 Å². The first-order chi connectivity index (χ1) is 14.7. The van der Waals surface area contributed by atoms with E-state index in [-0.39, 0.29) is 5.13 Å². The van der Waals surface area contributed by atoms with Crippen molar-refractivity contribution < 1.29 is 4.39 Å². The van der Waals surface area contributed by atoms with Crippen LogP contribution >= 0.6 is 11.3 Å². The number of imidazole rings is 1. The number of hydrogen-bond donors (Lipinski definition) is 2. The van der Waals surface area contributed by atoms with Gasteiger partial charge in [0.1, 0.15) is 5.52 Å². The normalized spacial score (nSPS) is 11.7. The van der Waals surface area contributed by atoms with Crippen LogP contribution in [0.4, 0.5) is 4.39 Å². The van der Waals surface area contributed by atoms with Crippen LogP contribution in [0, 0.1) is 5.13 Å². The number of nitrogens with zero attached hydrogens (tertiary/aromatic N) is 6. The summed E-state index contributed by atoms with van der Waals surface area (Å²) >= 11 is 1.08. The number of hydrogen-bond acceptors (Lipinski definition) is 6. The topological polar surface area (TPSA) is 101 Å². The Bertz CT molecular complexity index is 1540. The highest BCUT2D eigenvalue weighted by Gasteiger charge is 2.18. The predicted molar refractivity (Wildman–Crippen MR) is 112 cm³/mol. The molecule has 6 aromatic heterocycles. The third-order valence-corrected chi connectivity index (χ3v) is 5.77. The molecule has 0 aromatic carbocycles. The van der Waals surface area contributed by atoms with Crippen molar-refractivity contribution >= 4 is 33.5 Å². The molecule has 0 aliphatic rings. The molecule has 2 N–H and O–H groups in total. The second-order valence-electron chi connectivity index (χ2n) is 6.81. The van der Waals surface area contributed by atoms with Gasteiger partial charge < -0.3 is 4.98 Å². The Hall–Kier alpha value is -3.92. The molecule has 0 fully saturated rings. The average Bonchev–Trinajstić information content (AvgIpc) is 3.52. The van der Waals surface area contributed by atoms with E-state index in [0.29, 0.717) is 22.7 Å². The zero-order chi connectivity index (χ0) is 20.2. The number of aromatic nitrogens is 8. The number of H-pyrrole nitrogens is 2. The summed E-state index contributed by atoms with van der Waals surface area (Å²) in [5, 5.41) is 11.4. The first kappa shape index (κ1) is 17.0. The highest BCUT2D eigenvalue weighted by Crippen LogP contribution is 2.33. The molecule has 0 amide bonds. The number of aryl methyl sites for hydroxylation is 1. The molecule has 0 saturated heterocycles. The fourth-order valence-electron chi connectivity index (χ4n) is 3.47. The second kappa shape index (κ2) is 6.29. The highest BCUT2D eigenvalue weighted by atomic mass is 32.1. The second-order valence-corrected chi connectivity index (χ2v) is 7.85. The lowest BCUT2D eigenvalue weighted by Crippen LogP contribution is -1.87. The molecule has 6 aromatic rings. The maximum atomic E-state index is 13.5. The molecule has 0 atom stereocenters. The minimum absolute atomic E-state index is 0.236. The Balaban J connectivity index is 1.52. The summed E-state index contributed by atoms with van der Waals surface area (Å²) in [4.78, 5) is 17.8. The molecule has 0 unspecified atom stereocenters. The summed E-state index contributed by atoms with van der Waals surface area (Å²) in [7, 11) is 1.86. The lowest BCUT2D eigenvalue weighted by molar-refractivity contribution is 0.657. The summed E-state index contributed by atoms with van der Waals surface area (Å²) in [6.07, 6.45) is 5.35.